The van der Waals surface area contributed by atoms with Crippen LogP contribution >= 0.6 is 11.6 Å². The Balaban J connectivity index is 1.71. The van der Waals surface area contributed by atoms with Crippen molar-refractivity contribution < 1.29 is 9.90 Å². The van der Waals surface area contributed by atoms with Gasteiger partial charge in [-0.2, -0.15) is 0 Å². The van der Waals surface area contributed by atoms with Gasteiger partial charge in [-0.15, -0.1) is 0 Å². The van der Waals surface area contributed by atoms with E-state index < -0.39 is 11.9 Å². The average Bonchev–Trinajstić information content (AvgIpc) is 2.87. The SMILES string of the molecule is NC(=O)CN(Cc1cccc2ccccc12)C(c1ccccc1)c1cc(Cl)c2cccnc2c1O. The molecule has 0 bridgehead atoms. The summed E-state index contributed by atoms with van der Waals surface area (Å²) >= 11 is 6.65. The van der Waals surface area contributed by atoms with Crippen molar-refractivity contribution in [1.82, 2.24) is 9.88 Å². The lowest BCUT2D eigenvalue weighted by Crippen LogP contribution is -2.37. The van der Waals surface area contributed by atoms with E-state index in [-0.39, 0.29) is 12.3 Å². The van der Waals surface area contributed by atoms with Crippen LogP contribution in [0, 0.1) is 0 Å². The van der Waals surface area contributed by atoms with Gasteiger partial charge in [0.1, 0.15) is 11.3 Å². The summed E-state index contributed by atoms with van der Waals surface area (Å²) in [5, 5.41) is 14.7. The fraction of sp³-hybridized carbons (Fsp3) is 0.103. The summed E-state index contributed by atoms with van der Waals surface area (Å²) < 4.78 is 0. The van der Waals surface area contributed by atoms with Crippen LogP contribution in [0.15, 0.2) is 97.2 Å². The Morgan fingerprint density at radius 3 is 2.46 bits per heavy atom. The Morgan fingerprint density at radius 1 is 0.943 bits per heavy atom. The molecule has 0 aliphatic carbocycles. The Morgan fingerprint density at radius 2 is 1.66 bits per heavy atom. The molecule has 1 aromatic heterocycles. The third-order valence-electron chi connectivity index (χ3n) is 6.23. The number of fused-ring (bicyclic) bond motifs is 2. The Kier molecular flexibility index (Phi) is 6.36. The van der Waals surface area contributed by atoms with Gasteiger partial charge in [0.15, 0.2) is 0 Å². The molecule has 0 fully saturated rings. The molecule has 0 aliphatic heterocycles. The van der Waals surface area contributed by atoms with Crippen LogP contribution in [-0.4, -0.2) is 27.4 Å². The number of nitrogens with zero attached hydrogens (tertiary/aromatic N) is 2. The summed E-state index contributed by atoms with van der Waals surface area (Å²) in [6.07, 6.45) is 1.62. The topological polar surface area (TPSA) is 79.5 Å². The maximum atomic E-state index is 12.3. The van der Waals surface area contributed by atoms with Crippen LogP contribution in [0.5, 0.6) is 5.75 Å². The van der Waals surface area contributed by atoms with Crippen molar-refractivity contribution in [2.75, 3.05) is 6.54 Å². The van der Waals surface area contributed by atoms with Gasteiger partial charge in [0.05, 0.1) is 17.6 Å². The lowest BCUT2D eigenvalue weighted by Gasteiger charge is -2.33. The zero-order chi connectivity index (χ0) is 24.4. The first-order chi connectivity index (χ1) is 17.0. The molecule has 35 heavy (non-hydrogen) atoms. The van der Waals surface area contributed by atoms with Gasteiger partial charge in [-0.25, -0.2) is 0 Å². The van der Waals surface area contributed by atoms with Gasteiger partial charge in [-0.3, -0.25) is 14.7 Å². The van der Waals surface area contributed by atoms with E-state index in [0.717, 1.165) is 21.9 Å². The highest BCUT2D eigenvalue weighted by molar-refractivity contribution is 6.35. The standard InChI is InChI=1S/C29H24ClN3O2/c30-25-16-24(29(35)27-23(25)14-7-15-32-27)28(20-9-2-1-3-10-20)33(18-26(31)34)17-21-12-6-11-19-8-4-5-13-22(19)21/h1-16,28,35H,17-18H2,(H2,31,34). The second kappa shape index (κ2) is 9.74. The quantitative estimate of drug-likeness (QED) is 0.307. The normalized spacial score (nSPS) is 12.3. The van der Waals surface area contributed by atoms with E-state index in [0.29, 0.717) is 28.0 Å². The van der Waals surface area contributed by atoms with E-state index in [1.54, 1.807) is 18.3 Å². The predicted octanol–water partition coefficient (Wildman–Crippen LogP) is 5.82. The number of hydrogen-bond acceptors (Lipinski definition) is 4. The summed E-state index contributed by atoms with van der Waals surface area (Å²) in [7, 11) is 0. The van der Waals surface area contributed by atoms with Crippen LogP contribution in [0.4, 0.5) is 0 Å². The fourth-order valence-electron chi connectivity index (χ4n) is 4.72. The fourth-order valence-corrected chi connectivity index (χ4v) is 4.99. The molecule has 5 rings (SSSR count). The number of aromatic nitrogens is 1. The predicted molar refractivity (Wildman–Crippen MR) is 140 cm³/mol. The molecule has 1 heterocycles. The molecule has 5 aromatic rings. The molecule has 0 radical (unpaired) electrons. The molecule has 0 saturated carbocycles. The lowest BCUT2D eigenvalue weighted by atomic mass is 9.93. The van der Waals surface area contributed by atoms with Crippen LogP contribution < -0.4 is 5.73 Å². The third-order valence-corrected chi connectivity index (χ3v) is 6.55. The zero-order valence-corrected chi connectivity index (χ0v) is 19.7. The lowest BCUT2D eigenvalue weighted by molar-refractivity contribution is -0.119. The number of benzene rings is 4. The summed E-state index contributed by atoms with van der Waals surface area (Å²) in [4.78, 5) is 18.6. The first kappa shape index (κ1) is 22.8. The summed E-state index contributed by atoms with van der Waals surface area (Å²) in [5.41, 5.74) is 8.66. The van der Waals surface area contributed by atoms with E-state index >= 15 is 0 Å². The number of pyridine rings is 1. The molecular formula is C29H24ClN3O2. The molecule has 4 aromatic carbocycles. The van der Waals surface area contributed by atoms with E-state index in [1.807, 2.05) is 65.6 Å². The zero-order valence-electron chi connectivity index (χ0n) is 18.9. The summed E-state index contributed by atoms with van der Waals surface area (Å²) in [6.45, 7) is 0.418. The van der Waals surface area contributed by atoms with Gasteiger partial charge in [-0.05, 0) is 40.1 Å². The first-order valence-electron chi connectivity index (χ1n) is 11.3. The number of rotatable bonds is 7. The molecule has 174 valence electrons. The van der Waals surface area contributed by atoms with Crippen LogP contribution in [-0.2, 0) is 11.3 Å². The molecular weight excluding hydrogens is 458 g/mol. The van der Waals surface area contributed by atoms with Crippen molar-refractivity contribution in [1.29, 1.82) is 0 Å². The minimum Gasteiger partial charge on any atom is -0.505 e. The number of amides is 1. The van der Waals surface area contributed by atoms with Gasteiger partial charge in [0.25, 0.3) is 0 Å². The second-order valence-electron chi connectivity index (χ2n) is 8.52. The van der Waals surface area contributed by atoms with E-state index in [4.69, 9.17) is 17.3 Å². The summed E-state index contributed by atoms with van der Waals surface area (Å²) in [6, 6.07) is 28.8. The first-order valence-corrected chi connectivity index (χ1v) is 11.7. The van der Waals surface area contributed by atoms with Crippen molar-refractivity contribution in [2.45, 2.75) is 12.6 Å². The van der Waals surface area contributed by atoms with Gasteiger partial charge >= 0.3 is 0 Å². The van der Waals surface area contributed by atoms with Crippen molar-refractivity contribution in [3.63, 3.8) is 0 Å². The van der Waals surface area contributed by atoms with Crippen molar-refractivity contribution in [3.05, 3.63) is 119 Å². The highest BCUT2D eigenvalue weighted by Gasteiger charge is 2.28. The Bertz CT molecular complexity index is 1520. The molecule has 0 spiro atoms. The van der Waals surface area contributed by atoms with E-state index in [1.165, 1.54) is 0 Å². The van der Waals surface area contributed by atoms with Crippen molar-refractivity contribution in [2.24, 2.45) is 5.73 Å². The highest BCUT2D eigenvalue weighted by atomic mass is 35.5. The number of carbonyl (C=O) groups excluding carboxylic acids is 1. The maximum Gasteiger partial charge on any atom is 0.231 e. The Hall–Kier alpha value is -3.93. The summed E-state index contributed by atoms with van der Waals surface area (Å²) in [5.74, 6) is -0.429. The number of aromatic hydroxyl groups is 1. The van der Waals surface area contributed by atoms with Crippen LogP contribution in [0.3, 0.4) is 0 Å². The monoisotopic (exact) mass is 481 g/mol. The largest absolute Gasteiger partial charge is 0.505 e. The smallest absolute Gasteiger partial charge is 0.231 e. The van der Waals surface area contributed by atoms with E-state index in [9.17, 15) is 9.90 Å². The van der Waals surface area contributed by atoms with Gasteiger partial charge in [-0.1, -0.05) is 84.4 Å². The van der Waals surface area contributed by atoms with Gasteiger partial charge in [0.2, 0.25) is 5.91 Å². The highest BCUT2D eigenvalue weighted by Crippen LogP contribution is 2.41. The number of carbonyl (C=O) groups is 1. The van der Waals surface area contributed by atoms with E-state index in [2.05, 4.69) is 23.2 Å². The molecule has 3 N–H and O–H groups in total. The van der Waals surface area contributed by atoms with Crippen LogP contribution in [0.2, 0.25) is 5.02 Å². The molecule has 5 nitrogen and oxygen atoms in total. The molecule has 0 aliphatic rings. The molecule has 1 atom stereocenters. The maximum absolute atomic E-state index is 12.3. The van der Waals surface area contributed by atoms with Crippen molar-refractivity contribution in [3.8, 4) is 5.75 Å². The number of phenolic OH excluding ortho intramolecular Hbond substituents is 1. The van der Waals surface area contributed by atoms with Crippen molar-refractivity contribution >= 4 is 39.2 Å². The number of nitrogens with two attached hydrogens (primary N) is 1. The molecule has 0 saturated heterocycles. The van der Waals surface area contributed by atoms with Gasteiger partial charge < -0.3 is 10.8 Å². The number of phenols is 1. The molecule has 6 heteroatoms. The average molecular weight is 482 g/mol. The third kappa shape index (κ3) is 4.56. The number of halogens is 1. The minimum atomic E-state index is -0.494. The van der Waals surface area contributed by atoms with Crippen LogP contribution in [0.1, 0.15) is 22.7 Å². The molecule has 1 unspecified atom stereocenters. The molecule has 1 amide bonds. The minimum absolute atomic E-state index is 0.0138. The van der Waals surface area contributed by atoms with Crippen LogP contribution in [0.25, 0.3) is 21.7 Å². The second-order valence-corrected chi connectivity index (χ2v) is 8.93. The van der Waals surface area contributed by atoms with Gasteiger partial charge in [0, 0.05) is 23.7 Å². The number of hydrogen-bond donors (Lipinski definition) is 2. The number of primary amides is 1. The Labute approximate surface area is 208 Å².